The topological polar surface area (TPSA) is 75.6 Å². The standard InChI is InChI=1S/C19H21NO4/c1-13-3-7-15(8-4-13)17(12-19(22)23)20-18(21)11-14-5-9-16(24-2)10-6-14/h3-10,17H,11-12H2,1-2H3,(H,20,21)(H,22,23)/t17-/m1/s1. The van der Waals surface area contributed by atoms with E-state index in [0.29, 0.717) is 0 Å². The van der Waals surface area contributed by atoms with E-state index in [2.05, 4.69) is 5.32 Å². The Morgan fingerprint density at radius 2 is 1.71 bits per heavy atom. The van der Waals surface area contributed by atoms with Crippen LogP contribution in [0.4, 0.5) is 0 Å². The van der Waals surface area contributed by atoms with Crippen molar-refractivity contribution in [3.05, 3.63) is 65.2 Å². The molecule has 0 saturated heterocycles. The van der Waals surface area contributed by atoms with Crippen molar-refractivity contribution in [2.45, 2.75) is 25.8 Å². The smallest absolute Gasteiger partial charge is 0.305 e. The maximum absolute atomic E-state index is 12.3. The van der Waals surface area contributed by atoms with Gasteiger partial charge in [0.2, 0.25) is 5.91 Å². The molecule has 126 valence electrons. The molecule has 0 aliphatic rings. The predicted molar refractivity (Wildman–Crippen MR) is 91.0 cm³/mol. The monoisotopic (exact) mass is 327 g/mol. The maximum atomic E-state index is 12.3. The van der Waals surface area contributed by atoms with Gasteiger partial charge in [-0.05, 0) is 30.2 Å². The summed E-state index contributed by atoms with van der Waals surface area (Å²) in [7, 11) is 1.58. The number of ether oxygens (including phenoxy) is 1. The van der Waals surface area contributed by atoms with Crippen molar-refractivity contribution < 1.29 is 19.4 Å². The van der Waals surface area contributed by atoms with Gasteiger partial charge in [0, 0.05) is 0 Å². The fourth-order valence-corrected chi connectivity index (χ4v) is 2.40. The second-order valence-electron chi connectivity index (χ2n) is 5.65. The highest BCUT2D eigenvalue weighted by molar-refractivity contribution is 5.80. The molecule has 2 aromatic carbocycles. The average molecular weight is 327 g/mol. The number of hydrogen-bond donors (Lipinski definition) is 2. The van der Waals surface area contributed by atoms with Gasteiger partial charge in [0.15, 0.2) is 0 Å². The first-order chi connectivity index (χ1) is 11.5. The molecule has 0 aromatic heterocycles. The lowest BCUT2D eigenvalue weighted by Gasteiger charge is -2.18. The molecule has 0 spiro atoms. The number of carbonyl (C=O) groups excluding carboxylic acids is 1. The third-order valence-corrected chi connectivity index (χ3v) is 3.72. The lowest BCUT2D eigenvalue weighted by molar-refractivity contribution is -0.137. The van der Waals surface area contributed by atoms with E-state index in [0.717, 1.165) is 22.4 Å². The van der Waals surface area contributed by atoms with Crippen LogP contribution in [0.15, 0.2) is 48.5 Å². The molecule has 0 unspecified atom stereocenters. The summed E-state index contributed by atoms with van der Waals surface area (Å²) in [5.74, 6) is -0.445. The molecule has 5 nitrogen and oxygen atoms in total. The normalized spacial score (nSPS) is 11.6. The van der Waals surface area contributed by atoms with Gasteiger partial charge in [0.05, 0.1) is 26.0 Å². The number of benzene rings is 2. The van der Waals surface area contributed by atoms with Gasteiger partial charge in [0.25, 0.3) is 0 Å². The molecule has 0 aliphatic carbocycles. The number of methoxy groups -OCH3 is 1. The molecule has 2 rings (SSSR count). The summed E-state index contributed by atoms with van der Waals surface area (Å²) in [6.45, 7) is 1.96. The summed E-state index contributed by atoms with van der Waals surface area (Å²) >= 11 is 0. The Hall–Kier alpha value is -2.82. The SMILES string of the molecule is COc1ccc(CC(=O)N[C@H](CC(=O)O)c2ccc(C)cc2)cc1. The van der Waals surface area contributed by atoms with Gasteiger partial charge in [-0.15, -0.1) is 0 Å². The molecule has 1 atom stereocenters. The zero-order valence-corrected chi connectivity index (χ0v) is 13.8. The molecule has 0 fully saturated rings. The summed E-state index contributed by atoms with van der Waals surface area (Å²) in [5, 5.41) is 11.9. The summed E-state index contributed by atoms with van der Waals surface area (Å²) in [6, 6.07) is 14.2. The number of rotatable bonds is 7. The molecule has 0 bridgehead atoms. The van der Waals surface area contributed by atoms with Gasteiger partial charge in [0.1, 0.15) is 5.75 Å². The summed E-state index contributed by atoms with van der Waals surface area (Å²) in [4.78, 5) is 23.4. The molecule has 2 N–H and O–H groups in total. The summed E-state index contributed by atoms with van der Waals surface area (Å²) < 4.78 is 5.08. The highest BCUT2D eigenvalue weighted by Gasteiger charge is 2.18. The second-order valence-corrected chi connectivity index (χ2v) is 5.65. The fourth-order valence-electron chi connectivity index (χ4n) is 2.40. The van der Waals surface area contributed by atoms with E-state index in [1.54, 1.807) is 19.2 Å². The minimum Gasteiger partial charge on any atom is -0.497 e. The first-order valence-electron chi connectivity index (χ1n) is 7.68. The third-order valence-electron chi connectivity index (χ3n) is 3.72. The number of carboxylic acids is 1. The largest absolute Gasteiger partial charge is 0.497 e. The van der Waals surface area contributed by atoms with Gasteiger partial charge in [-0.2, -0.15) is 0 Å². The number of amides is 1. The third kappa shape index (κ3) is 5.12. The van der Waals surface area contributed by atoms with Crippen LogP contribution in [-0.2, 0) is 16.0 Å². The van der Waals surface area contributed by atoms with Crippen LogP contribution in [-0.4, -0.2) is 24.1 Å². The van der Waals surface area contributed by atoms with E-state index in [9.17, 15) is 9.59 Å². The first-order valence-corrected chi connectivity index (χ1v) is 7.68. The Balaban J connectivity index is 2.05. The quantitative estimate of drug-likeness (QED) is 0.820. The molecule has 1 amide bonds. The van der Waals surface area contributed by atoms with Crippen molar-refractivity contribution in [3.63, 3.8) is 0 Å². The Bertz CT molecular complexity index is 692. The lowest BCUT2D eigenvalue weighted by Crippen LogP contribution is -2.31. The van der Waals surface area contributed by atoms with Crippen LogP contribution in [0.25, 0.3) is 0 Å². The molecular weight excluding hydrogens is 306 g/mol. The summed E-state index contributed by atoms with van der Waals surface area (Å²) in [5.41, 5.74) is 2.70. The van der Waals surface area contributed by atoms with Gasteiger partial charge in [-0.25, -0.2) is 0 Å². The number of carboxylic acid groups (broad SMARTS) is 1. The number of nitrogens with one attached hydrogen (secondary N) is 1. The second kappa shape index (κ2) is 8.15. The Morgan fingerprint density at radius 1 is 1.08 bits per heavy atom. The van der Waals surface area contributed by atoms with Crippen molar-refractivity contribution in [1.82, 2.24) is 5.32 Å². The molecule has 5 heteroatoms. The van der Waals surface area contributed by atoms with Crippen LogP contribution in [0.5, 0.6) is 5.75 Å². The van der Waals surface area contributed by atoms with E-state index in [4.69, 9.17) is 9.84 Å². The van der Waals surface area contributed by atoms with Crippen molar-refractivity contribution in [2.75, 3.05) is 7.11 Å². The van der Waals surface area contributed by atoms with Gasteiger partial charge < -0.3 is 15.2 Å². The lowest BCUT2D eigenvalue weighted by atomic mass is 10.0. The molecule has 24 heavy (non-hydrogen) atoms. The van der Waals surface area contributed by atoms with Crippen LogP contribution in [0.2, 0.25) is 0 Å². The fraction of sp³-hybridized carbons (Fsp3) is 0.263. The minimum atomic E-state index is -0.953. The average Bonchev–Trinajstić information content (AvgIpc) is 2.55. The van der Waals surface area contributed by atoms with Crippen molar-refractivity contribution in [3.8, 4) is 5.75 Å². The van der Waals surface area contributed by atoms with Gasteiger partial charge >= 0.3 is 5.97 Å². The van der Waals surface area contributed by atoms with Crippen LogP contribution in [0, 0.1) is 6.92 Å². The molecule has 0 heterocycles. The first kappa shape index (κ1) is 17.5. The zero-order chi connectivity index (χ0) is 17.5. The molecule has 0 aliphatic heterocycles. The number of aliphatic carboxylic acids is 1. The highest BCUT2D eigenvalue weighted by atomic mass is 16.5. The predicted octanol–water partition coefficient (Wildman–Crippen LogP) is 2.88. The van der Waals surface area contributed by atoms with E-state index >= 15 is 0 Å². The molecular formula is C19H21NO4. The maximum Gasteiger partial charge on any atom is 0.305 e. The number of hydrogen-bond acceptors (Lipinski definition) is 3. The highest BCUT2D eigenvalue weighted by Crippen LogP contribution is 2.18. The van der Waals surface area contributed by atoms with Crippen LogP contribution in [0.1, 0.15) is 29.2 Å². The number of aryl methyl sites for hydroxylation is 1. The van der Waals surface area contributed by atoms with Crippen LogP contribution in [0.3, 0.4) is 0 Å². The summed E-state index contributed by atoms with van der Waals surface area (Å²) in [6.07, 6.45) is 0.0311. The van der Waals surface area contributed by atoms with Gasteiger partial charge in [-0.1, -0.05) is 42.0 Å². The van der Waals surface area contributed by atoms with E-state index in [-0.39, 0.29) is 18.7 Å². The van der Waals surface area contributed by atoms with E-state index < -0.39 is 12.0 Å². The van der Waals surface area contributed by atoms with Gasteiger partial charge in [-0.3, -0.25) is 9.59 Å². The van der Waals surface area contributed by atoms with Crippen molar-refractivity contribution >= 4 is 11.9 Å². The zero-order valence-electron chi connectivity index (χ0n) is 13.8. The van der Waals surface area contributed by atoms with Crippen LogP contribution >= 0.6 is 0 Å². The molecule has 2 aromatic rings. The molecule has 0 saturated carbocycles. The Kier molecular flexibility index (Phi) is 5.95. The van der Waals surface area contributed by atoms with E-state index in [1.807, 2.05) is 43.3 Å². The number of carbonyl (C=O) groups is 2. The van der Waals surface area contributed by atoms with Crippen molar-refractivity contribution in [1.29, 1.82) is 0 Å². The Labute approximate surface area is 141 Å². The minimum absolute atomic E-state index is 0.155. The Morgan fingerprint density at radius 3 is 2.25 bits per heavy atom. The van der Waals surface area contributed by atoms with Crippen molar-refractivity contribution in [2.24, 2.45) is 0 Å². The molecule has 0 radical (unpaired) electrons. The van der Waals surface area contributed by atoms with Crippen LogP contribution < -0.4 is 10.1 Å². The van der Waals surface area contributed by atoms with E-state index in [1.165, 1.54) is 0 Å².